The summed E-state index contributed by atoms with van der Waals surface area (Å²) in [6.45, 7) is 2.00. The minimum absolute atomic E-state index is 0.252. The van der Waals surface area contributed by atoms with Gasteiger partial charge in [-0.2, -0.15) is 0 Å². The van der Waals surface area contributed by atoms with Crippen LogP contribution in [0.5, 0.6) is 0 Å². The summed E-state index contributed by atoms with van der Waals surface area (Å²) in [5.41, 5.74) is 3.88. The molecule has 0 bridgehead atoms. The number of nitrogens with zero attached hydrogens (tertiary/aromatic N) is 2. The van der Waals surface area contributed by atoms with Crippen LogP contribution in [0.4, 0.5) is 9.93 Å². The van der Waals surface area contributed by atoms with Gasteiger partial charge in [0.2, 0.25) is 0 Å². The maximum absolute atomic E-state index is 12.8. The van der Waals surface area contributed by atoms with E-state index in [0.29, 0.717) is 5.13 Å². The number of aromatic nitrogens is 2. The van der Waals surface area contributed by atoms with Crippen molar-refractivity contribution in [3.63, 3.8) is 0 Å². The van der Waals surface area contributed by atoms with Crippen LogP contribution in [-0.4, -0.2) is 16.0 Å². The number of rotatable bonds is 4. The number of amides is 2. The van der Waals surface area contributed by atoms with Gasteiger partial charge < -0.3 is 5.32 Å². The highest BCUT2D eigenvalue weighted by molar-refractivity contribution is 7.28. The summed E-state index contributed by atoms with van der Waals surface area (Å²) < 4.78 is 2.17. The number of carbonyl (C=O) groups excluding carboxylic acids is 1. The maximum atomic E-state index is 12.8. The molecule has 2 amide bonds. The number of anilines is 1. The summed E-state index contributed by atoms with van der Waals surface area (Å²) in [6.07, 6.45) is 0. The van der Waals surface area contributed by atoms with E-state index in [2.05, 4.69) is 20.6 Å². The topological polar surface area (TPSA) is 66.9 Å². The minimum Gasteiger partial charge on any atom is -0.327 e. The number of aryl methyl sites for hydroxylation is 1. The summed E-state index contributed by atoms with van der Waals surface area (Å²) in [6, 6.07) is 23.3. The lowest BCUT2D eigenvalue weighted by molar-refractivity contribution is 0.250. The highest BCUT2D eigenvalue weighted by Gasteiger charge is 2.18. The van der Waals surface area contributed by atoms with Crippen molar-refractivity contribution in [1.82, 2.24) is 15.3 Å². The number of nitrogens with one attached hydrogen (secondary N) is 2. The van der Waals surface area contributed by atoms with Crippen molar-refractivity contribution >= 4 is 54.3 Å². The second-order valence-electron chi connectivity index (χ2n) is 6.87. The van der Waals surface area contributed by atoms with Crippen LogP contribution < -0.4 is 10.6 Å². The molecule has 5 aromatic rings. The largest absolute Gasteiger partial charge is 0.327 e. The van der Waals surface area contributed by atoms with Crippen molar-refractivity contribution in [2.24, 2.45) is 0 Å². The van der Waals surface area contributed by atoms with E-state index in [0.717, 1.165) is 36.6 Å². The average molecular weight is 431 g/mol. The fourth-order valence-corrected chi connectivity index (χ4v) is 5.45. The molecular formula is C23H18N4OS2. The van der Waals surface area contributed by atoms with Crippen molar-refractivity contribution in [1.29, 1.82) is 0 Å². The highest BCUT2D eigenvalue weighted by Crippen LogP contribution is 2.35. The van der Waals surface area contributed by atoms with Gasteiger partial charge in [0.1, 0.15) is 0 Å². The summed E-state index contributed by atoms with van der Waals surface area (Å²) in [5.74, 6) is 0. The van der Waals surface area contributed by atoms with Crippen molar-refractivity contribution in [2.45, 2.75) is 13.0 Å². The van der Waals surface area contributed by atoms with Crippen LogP contribution >= 0.6 is 22.7 Å². The van der Waals surface area contributed by atoms with Gasteiger partial charge in [0.15, 0.2) is 5.13 Å². The first-order chi connectivity index (χ1) is 14.7. The average Bonchev–Trinajstić information content (AvgIpc) is 3.35. The third-order valence-corrected chi connectivity index (χ3v) is 6.92. The van der Waals surface area contributed by atoms with Crippen LogP contribution in [0.3, 0.4) is 0 Å². The number of hydrogen-bond acceptors (Lipinski definition) is 5. The zero-order chi connectivity index (χ0) is 20.5. The van der Waals surface area contributed by atoms with E-state index in [1.807, 2.05) is 79.7 Å². The number of fused-ring (bicyclic) bond motifs is 3. The third-order valence-electron chi connectivity index (χ3n) is 4.78. The standard InChI is InChI=1S/C23H18N4OS2/c1-14-24-17-12-13-18-21(20(17)29-14)30-23(25-18)27-22(28)26-19(15-8-4-2-5-9-15)16-10-6-3-7-11-16/h2-13,19H,1H3,(H2,25,26,27,28). The van der Waals surface area contributed by atoms with Gasteiger partial charge in [-0.25, -0.2) is 14.8 Å². The van der Waals surface area contributed by atoms with Gasteiger partial charge in [0.05, 0.1) is 31.5 Å². The molecule has 0 aliphatic carbocycles. The van der Waals surface area contributed by atoms with Crippen molar-refractivity contribution in [2.75, 3.05) is 5.32 Å². The van der Waals surface area contributed by atoms with Gasteiger partial charge in [0, 0.05) is 0 Å². The van der Waals surface area contributed by atoms with E-state index in [-0.39, 0.29) is 12.1 Å². The van der Waals surface area contributed by atoms with E-state index in [4.69, 9.17) is 0 Å². The molecule has 7 heteroatoms. The van der Waals surface area contributed by atoms with Gasteiger partial charge >= 0.3 is 6.03 Å². The van der Waals surface area contributed by atoms with Gasteiger partial charge in [-0.15, -0.1) is 11.3 Å². The fourth-order valence-electron chi connectivity index (χ4n) is 3.45. The van der Waals surface area contributed by atoms with Crippen LogP contribution in [0, 0.1) is 6.92 Å². The molecule has 0 fully saturated rings. The summed E-state index contributed by atoms with van der Waals surface area (Å²) in [4.78, 5) is 22.0. The molecule has 5 nitrogen and oxygen atoms in total. The summed E-state index contributed by atoms with van der Waals surface area (Å²) >= 11 is 3.12. The molecule has 0 unspecified atom stereocenters. The molecule has 2 N–H and O–H groups in total. The molecule has 0 saturated carbocycles. The van der Waals surface area contributed by atoms with Crippen LogP contribution in [0.15, 0.2) is 72.8 Å². The monoisotopic (exact) mass is 430 g/mol. The predicted molar refractivity (Wildman–Crippen MR) is 124 cm³/mol. The molecule has 0 aliphatic rings. The Hall–Kier alpha value is -3.29. The van der Waals surface area contributed by atoms with Crippen LogP contribution in [-0.2, 0) is 0 Å². The first-order valence-electron chi connectivity index (χ1n) is 9.51. The third kappa shape index (κ3) is 3.65. The molecule has 30 heavy (non-hydrogen) atoms. The number of urea groups is 1. The summed E-state index contributed by atoms with van der Waals surface area (Å²) in [7, 11) is 0. The number of thiazole rings is 2. The van der Waals surface area contributed by atoms with Gasteiger partial charge in [0.25, 0.3) is 0 Å². The van der Waals surface area contributed by atoms with E-state index in [1.165, 1.54) is 11.3 Å². The van der Waals surface area contributed by atoms with Gasteiger partial charge in [-0.3, -0.25) is 5.32 Å². The van der Waals surface area contributed by atoms with E-state index < -0.39 is 0 Å². The first-order valence-corrected chi connectivity index (χ1v) is 11.1. The lowest BCUT2D eigenvalue weighted by Gasteiger charge is -2.19. The minimum atomic E-state index is -0.288. The molecule has 0 spiro atoms. The zero-order valence-corrected chi connectivity index (χ0v) is 17.8. The predicted octanol–water partition coefficient (Wildman–Crippen LogP) is 6.13. The molecule has 2 heterocycles. The Kier molecular flexibility index (Phi) is 4.90. The van der Waals surface area contributed by atoms with E-state index in [9.17, 15) is 4.79 Å². The Morgan fingerprint density at radius 2 is 1.37 bits per heavy atom. The van der Waals surface area contributed by atoms with Crippen molar-refractivity contribution in [3.05, 3.63) is 88.9 Å². The second-order valence-corrected chi connectivity index (χ2v) is 9.07. The maximum Gasteiger partial charge on any atom is 0.321 e. The molecular weight excluding hydrogens is 412 g/mol. The lowest BCUT2D eigenvalue weighted by Crippen LogP contribution is -2.33. The molecule has 0 saturated heterocycles. The van der Waals surface area contributed by atoms with E-state index in [1.54, 1.807) is 11.3 Å². The normalized spacial score (nSPS) is 11.3. The van der Waals surface area contributed by atoms with Gasteiger partial charge in [-0.05, 0) is 30.2 Å². The number of hydrogen-bond donors (Lipinski definition) is 2. The Balaban J connectivity index is 1.42. The Morgan fingerprint density at radius 1 is 0.800 bits per heavy atom. The smallest absolute Gasteiger partial charge is 0.321 e. The zero-order valence-electron chi connectivity index (χ0n) is 16.1. The van der Waals surface area contributed by atoms with Crippen LogP contribution in [0.25, 0.3) is 20.4 Å². The molecule has 148 valence electrons. The lowest BCUT2D eigenvalue weighted by atomic mass is 9.99. The van der Waals surface area contributed by atoms with Crippen molar-refractivity contribution < 1.29 is 4.79 Å². The van der Waals surface area contributed by atoms with Gasteiger partial charge in [-0.1, -0.05) is 72.0 Å². The van der Waals surface area contributed by atoms with E-state index >= 15 is 0 Å². The quantitative estimate of drug-likeness (QED) is 0.361. The molecule has 5 rings (SSSR count). The Labute approximate surface area is 181 Å². The van der Waals surface area contributed by atoms with Crippen LogP contribution in [0.2, 0.25) is 0 Å². The molecule has 0 radical (unpaired) electrons. The van der Waals surface area contributed by atoms with Crippen LogP contribution in [0.1, 0.15) is 22.2 Å². The highest BCUT2D eigenvalue weighted by atomic mass is 32.1. The number of carbonyl (C=O) groups is 1. The Bertz CT molecular complexity index is 1290. The Morgan fingerprint density at radius 3 is 2.00 bits per heavy atom. The second kappa shape index (κ2) is 7.85. The SMILES string of the molecule is Cc1nc2ccc3nc(NC(=O)NC(c4ccccc4)c4ccccc4)sc3c2s1. The first kappa shape index (κ1) is 18.7. The molecule has 3 aromatic carbocycles. The molecule has 0 aliphatic heterocycles. The fraction of sp³-hybridized carbons (Fsp3) is 0.0870. The summed E-state index contributed by atoms with van der Waals surface area (Å²) in [5, 5.41) is 7.60. The number of benzene rings is 3. The van der Waals surface area contributed by atoms with Crippen molar-refractivity contribution in [3.8, 4) is 0 Å². The molecule has 0 atom stereocenters. The molecule has 2 aromatic heterocycles.